The third-order valence-corrected chi connectivity index (χ3v) is 3.53. The molecule has 24 heavy (non-hydrogen) atoms. The predicted molar refractivity (Wildman–Crippen MR) is 95.3 cm³/mol. The summed E-state index contributed by atoms with van der Waals surface area (Å²) < 4.78 is 10.4. The summed E-state index contributed by atoms with van der Waals surface area (Å²) in [5, 5.41) is 3.37. The van der Waals surface area contributed by atoms with Crippen molar-refractivity contribution in [2.75, 3.05) is 25.6 Å². The number of ether oxygens (including phenoxy) is 2. The Hall–Kier alpha value is -2.37. The van der Waals surface area contributed by atoms with Crippen LogP contribution < -0.4 is 10.1 Å². The first-order chi connectivity index (χ1) is 11.6. The van der Waals surface area contributed by atoms with Gasteiger partial charge in [-0.1, -0.05) is 29.8 Å². The highest BCUT2D eigenvalue weighted by Gasteiger charge is 2.09. The number of nitrogens with zero attached hydrogens (tertiary/aromatic N) is 1. The monoisotopic (exact) mass is 346 g/mol. The molecule has 1 aromatic heterocycles. The molecule has 1 heterocycles. The van der Waals surface area contributed by atoms with Gasteiger partial charge in [-0.05, 0) is 36.3 Å². The molecule has 0 aliphatic carbocycles. The van der Waals surface area contributed by atoms with Gasteiger partial charge in [-0.3, -0.25) is 4.79 Å². The van der Waals surface area contributed by atoms with Gasteiger partial charge in [0, 0.05) is 24.4 Å². The van der Waals surface area contributed by atoms with Crippen LogP contribution in [0.25, 0.3) is 5.57 Å². The highest BCUT2D eigenvalue weighted by atomic mass is 35.5. The average molecular weight is 347 g/mol. The maximum absolute atomic E-state index is 12.3. The molecule has 2 aromatic rings. The number of benzene rings is 1. The van der Waals surface area contributed by atoms with Crippen molar-refractivity contribution in [3.63, 3.8) is 0 Å². The molecule has 1 N–H and O–H groups in total. The van der Waals surface area contributed by atoms with Gasteiger partial charge in [-0.2, -0.15) is 0 Å². The molecule has 0 spiro atoms. The van der Waals surface area contributed by atoms with Gasteiger partial charge >= 0.3 is 0 Å². The maximum atomic E-state index is 12.3. The van der Waals surface area contributed by atoms with Crippen LogP contribution in [-0.4, -0.2) is 31.2 Å². The van der Waals surface area contributed by atoms with E-state index in [2.05, 4.69) is 10.3 Å². The van der Waals surface area contributed by atoms with Crippen LogP contribution in [0, 0.1) is 0 Å². The number of pyridine rings is 1. The fourth-order valence-corrected chi connectivity index (χ4v) is 2.33. The number of anilines is 1. The van der Waals surface area contributed by atoms with Crippen LogP contribution >= 0.6 is 11.6 Å². The molecule has 6 heteroatoms. The summed E-state index contributed by atoms with van der Waals surface area (Å²) in [7, 11) is 1.59. The van der Waals surface area contributed by atoms with E-state index in [0.717, 1.165) is 11.1 Å². The lowest BCUT2D eigenvalue weighted by atomic mass is 10.1. The molecular weight excluding hydrogens is 328 g/mol. The molecule has 0 unspecified atom stereocenters. The van der Waals surface area contributed by atoms with Crippen molar-refractivity contribution in [3.8, 4) is 5.88 Å². The Bertz CT molecular complexity index is 732. The Morgan fingerprint density at radius 2 is 2.04 bits per heavy atom. The maximum Gasteiger partial charge on any atom is 0.248 e. The van der Waals surface area contributed by atoms with Gasteiger partial charge in [0.05, 0.1) is 6.61 Å². The van der Waals surface area contributed by atoms with Gasteiger partial charge in [0.1, 0.15) is 12.3 Å². The van der Waals surface area contributed by atoms with Crippen LogP contribution in [0.2, 0.25) is 5.02 Å². The van der Waals surface area contributed by atoms with Crippen LogP contribution in [0.15, 0.2) is 48.7 Å². The van der Waals surface area contributed by atoms with E-state index in [9.17, 15) is 4.79 Å². The second kappa shape index (κ2) is 9.05. The van der Waals surface area contributed by atoms with E-state index >= 15 is 0 Å². The molecule has 126 valence electrons. The van der Waals surface area contributed by atoms with Crippen LogP contribution in [0.5, 0.6) is 5.88 Å². The van der Waals surface area contributed by atoms with Crippen molar-refractivity contribution >= 4 is 28.8 Å². The topological polar surface area (TPSA) is 60.5 Å². The Kier molecular flexibility index (Phi) is 6.78. The molecule has 0 aliphatic rings. The van der Waals surface area contributed by atoms with E-state index in [4.69, 9.17) is 21.1 Å². The Labute approximate surface area is 146 Å². The summed E-state index contributed by atoms with van der Waals surface area (Å²) >= 11 is 6.14. The number of allylic oxidation sites excluding steroid dienone is 1. The number of nitrogens with one attached hydrogen (secondary N) is 1. The number of rotatable bonds is 7. The van der Waals surface area contributed by atoms with Crippen LogP contribution in [-0.2, 0) is 9.53 Å². The van der Waals surface area contributed by atoms with E-state index in [-0.39, 0.29) is 5.91 Å². The fraction of sp³-hybridized carbons (Fsp3) is 0.222. The Morgan fingerprint density at radius 3 is 2.79 bits per heavy atom. The molecule has 1 amide bonds. The molecule has 0 radical (unpaired) electrons. The van der Waals surface area contributed by atoms with Crippen LogP contribution in [0.3, 0.4) is 0 Å². The second-order valence-corrected chi connectivity index (χ2v) is 5.40. The Balaban J connectivity index is 2.10. The SMILES string of the molecule is COCCOc1ncccc1NC(=O)/C=C(/C)c1ccccc1Cl. The number of carbonyl (C=O) groups excluding carboxylic acids is 1. The molecule has 0 aliphatic heterocycles. The van der Waals surface area contributed by atoms with Gasteiger partial charge in [0.15, 0.2) is 0 Å². The number of methoxy groups -OCH3 is 1. The summed E-state index contributed by atoms with van der Waals surface area (Å²) in [5.74, 6) is 0.0729. The number of hydrogen-bond donors (Lipinski definition) is 1. The summed E-state index contributed by atoms with van der Waals surface area (Å²) in [4.78, 5) is 16.4. The highest BCUT2D eigenvalue weighted by molar-refractivity contribution is 6.32. The lowest BCUT2D eigenvalue weighted by molar-refractivity contribution is -0.111. The summed E-state index contributed by atoms with van der Waals surface area (Å²) in [6, 6.07) is 10.8. The quantitative estimate of drug-likeness (QED) is 0.612. The Morgan fingerprint density at radius 1 is 1.25 bits per heavy atom. The minimum Gasteiger partial charge on any atom is -0.474 e. The zero-order valence-electron chi connectivity index (χ0n) is 13.6. The minimum absolute atomic E-state index is 0.281. The number of halogens is 1. The van der Waals surface area contributed by atoms with Crippen LogP contribution in [0.4, 0.5) is 5.69 Å². The fourth-order valence-electron chi connectivity index (χ4n) is 2.05. The molecule has 5 nitrogen and oxygen atoms in total. The van der Waals surface area contributed by atoms with E-state index in [0.29, 0.717) is 29.8 Å². The van der Waals surface area contributed by atoms with Crippen molar-refractivity contribution < 1.29 is 14.3 Å². The first-order valence-corrected chi connectivity index (χ1v) is 7.80. The second-order valence-electron chi connectivity index (χ2n) is 4.99. The third kappa shape index (κ3) is 5.08. The number of carbonyl (C=O) groups is 1. The predicted octanol–water partition coefficient (Wildman–Crippen LogP) is 3.80. The van der Waals surface area contributed by atoms with Crippen molar-refractivity contribution in [2.45, 2.75) is 6.92 Å². The van der Waals surface area contributed by atoms with Gasteiger partial charge in [-0.15, -0.1) is 0 Å². The summed E-state index contributed by atoms with van der Waals surface area (Å²) in [5.41, 5.74) is 2.09. The normalized spacial score (nSPS) is 11.2. The van der Waals surface area contributed by atoms with Crippen molar-refractivity contribution in [1.29, 1.82) is 0 Å². The molecule has 1 aromatic carbocycles. The van der Waals surface area contributed by atoms with Gasteiger partial charge in [0.2, 0.25) is 11.8 Å². The van der Waals surface area contributed by atoms with E-state index < -0.39 is 0 Å². The van der Waals surface area contributed by atoms with E-state index in [1.165, 1.54) is 6.08 Å². The van der Waals surface area contributed by atoms with Crippen molar-refractivity contribution in [1.82, 2.24) is 4.98 Å². The molecule has 0 saturated carbocycles. The van der Waals surface area contributed by atoms with Gasteiger partial charge in [0.25, 0.3) is 0 Å². The molecular formula is C18H19ClN2O3. The lowest BCUT2D eigenvalue weighted by Gasteiger charge is -2.10. The van der Waals surface area contributed by atoms with E-state index in [1.807, 2.05) is 25.1 Å². The smallest absolute Gasteiger partial charge is 0.248 e. The number of aromatic nitrogens is 1. The molecule has 0 atom stereocenters. The first kappa shape index (κ1) is 18.0. The summed E-state index contributed by atoms with van der Waals surface area (Å²) in [6.07, 6.45) is 3.09. The van der Waals surface area contributed by atoms with Gasteiger partial charge < -0.3 is 14.8 Å². The molecule has 0 saturated heterocycles. The van der Waals surface area contributed by atoms with Gasteiger partial charge in [-0.25, -0.2) is 4.98 Å². The first-order valence-electron chi connectivity index (χ1n) is 7.42. The number of hydrogen-bond acceptors (Lipinski definition) is 4. The highest BCUT2D eigenvalue weighted by Crippen LogP contribution is 2.24. The van der Waals surface area contributed by atoms with E-state index in [1.54, 1.807) is 31.5 Å². The average Bonchev–Trinajstić information content (AvgIpc) is 2.57. The van der Waals surface area contributed by atoms with Crippen molar-refractivity contribution in [3.05, 3.63) is 59.3 Å². The standard InChI is InChI=1S/C18H19ClN2O3/c1-13(14-6-3-4-7-15(14)19)12-17(22)21-16-8-5-9-20-18(16)24-11-10-23-2/h3-9,12H,10-11H2,1-2H3,(H,21,22)/b13-12-. The lowest BCUT2D eigenvalue weighted by Crippen LogP contribution is -2.12. The summed E-state index contributed by atoms with van der Waals surface area (Å²) in [6.45, 7) is 2.63. The van der Waals surface area contributed by atoms with Crippen molar-refractivity contribution in [2.24, 2.45) is 0 Å². The zero-order valence-corrected chi connectivity index (χ0v) is 14.3. The minimum atomic E-state index is -0.281. The largest absolute Gasteiger partial charge is 0.474 e. The molecule has 0 bridgehead atoms. The third-order valence-electron chi connectivity index (χ3n) is 3.20. The number of amides is 1. The van der Waals surface area contributed by atoms with Crippen LogP contribution in [0.1, 0.15) is 12.5 Å². The molecule has 2 rings (SSSR count). The molecule has 0 fully saturated rings. The zero-order chi connectivity index (χ0) is 17.4.